The third kappa shape index (κ3) is 3.03. The number of benzene rings is 1. The van der Waals surface area contributed by atoms with E-state index in [1.54, 1.807) is 6.07 Å². The van der Waals surface area contributed by atoms with Gasteiger partial charge in [0.2, 0.25) is 0 Å². The van der Waals surface area contributed by atoms with E-state index in [9.17, 15) is 10.2 Å². The van der Waals surface area contributed by atoms with Crippen molar-refractivity contribution in [2.45, 2.75) is 51.2 Å². The lowest BCUT2D eigenvalue weighted by molar-refractivity contribution is 0.0452. The van der Waals surface area contributed by atoms with Gasteiger partial charge in [-0.2, -0.15) is 0 Å². The molecule has 0 bridgehead atoms. The van der Waals surface area contributed by atoms with Crippen LogP contribution in [0.5, 0.6) is 5.75 Å². The van der Waals surface area contributed by atoms with Gasteiger partial charge in [0.25, 0.3) is 0 Å². The highest BCUT2D eigenvalue weighted by Crippen LogP contribution is 2.30. The molecule has 3 nitrogen and oxygen atoms in total. The summed E-state index contributed by atoms with van der Waals surface area (Å²) in [7, 11) is 0. The minimum atomic E-state index is -0.548. The third-order valence-electron chi connectivity index (χ3n) is 3.92. The van der Waals surface area contributed by atoms with E-state index in [4.69, 9.17) is 0 Å². The van der Waals surface area contributed by atoms with Crippen molar-refractivity contribution in [2.75, 3.05) is 6.54 Å². The van der Waals surface area contributed by atoms with E-state index in [0.29, 0.717) is 12.3 Å². The minimum absolute atomic E-state index is 0.0505. The molecule has 1 fully saturated rings. The first-order valence-corrected chi connectivity index (χ1v) is 6.75. The quantitative estimate of drug-likeness (QED) is 0.769. The Balaban J connectivity index is 1.99. The molecule has 1 aliphatic carbocycles. The highest BCUT2D eigenvalue weighted by Gasteiger charge is 2.31. The lowest BCUT2D eigenvalue weighted by atomic mass is 10.00. The van der Waals surface area contributed by atoms with Crippen molar-refractivity contribution in [1.29, 1.82) is 0 Å². The third-order valence-corrected chi connectivity index (χ3v) is 3.92. The molecule has 1 aliphatic rings. The van der Waals surface area contributed by atoms with Crippen LogP contribution in [-0.2, 0) is 0 Å². The van der Waals surface area contributed by atoms with Gasteiger partial charge in [-0.1, -0.05) is 30.5 Å². The highest BCUT2D eigenvalue weighted by atomic mass is 16.3. The fourth-order valence-electron chi connectivity index (χ4n) is 2.68. The van der Waals surface area contributed by atoms with E-state index >= 15 is 0 Å². The number of phenols is 1. The average Bonchev–Trinajstić information content (AvgIpc) is 2.77. The van der Waals surface area contributed by atoms with Crippen LogP contribution in [0, 0.1) is 6.92 Å². The molecule has 0 amide bonds. The Hall–Kier alpha value is -1.06. The van der Waals surface area contributed by atoms with Gasteiger partial charge in [-0.25, -0.2) is 0 Å². The number of hydrogen-bond acceptors (Lipinski definition) is 3. The summed E-state index contributed by atoms with van der Waals surface area (Å²) in [4.78, 5) is 0. The molecule has 18 heavy (non-hydrogen) atoms. The van der Waals surface area contributed by atoms with E-state index in [1.807, 2.05) is 26.0 Å². The molecule has 3 heteroatoms. The van der Waals surface area contributed by atoms with E-state index in [2.05, 4.69) is 5.32 Å². The summed E-state index contributed by atoms with van der Waals surface area (Å²) >= 11 is 0. The summed E-state index contributed by atoms with van der Waals surface area (Å²) in [5.41, 5.74) is 1.49. The molecule has 0 radical (unpaired) electrons. The zero-order valence-corrected chi connectivity index (χ0v) is 11.2. The number of aryl methyl sites for hydroxylation is 1. The molecule has 1 aromatic rings. The second kappa shape index (κ2) is 5.29. The van der Waals surface area contributed by atoms with Gasteiger partial charge in [-0.05, 0) is 32.8 Å². The molecular weight excluding hydrogens is 226 g/mol. The predicted octanol–water partition coefficient (Wildman–Crippen LogP) is 2.66. The summed E-state index contributed by atoms with van der Waals surface area (Å²) in [6, 6.07) is 5.67. The van der Waals surface area contributed by atoms with Gasteiger partial charge >= 0.3 is 0 Å². The Bertz CT molecular complexity index is 411. The van der Waals surface area contributed by atoms with Crippen LogP contribution >= 0.6 is 0 Å². The number of rotatable bonds is 4. The molecule has 0 spiro atoms. The summed E-state index contributed by atoms with van der Waals surface area (Å²) in [6.45, 7) is 4.63. The SMILES string of the molecule is Cc1ccc(O)c(C(C)NCC2(O)CCCC2)c1. The maximum atomic E-state index is 10.3. The van der Waals surface area contributed by atoms with Crippen LogP contribution < -0.4 is 5.32 Å². The van der Waals surface area contributed by atoms with Crippen molar-refractivity contribution in [3.63, 3.8) is 0 Å². The topological polar surface area (TPSA) is 52.5 Å². The summed E-state index contributed by atoms with van der Waals surface area (Å²) in [6.07, 6.45) is 3.99. The van der Waals surface area contributed by atoms with Gasteiger partial charge in [0.05, 0.1) is 5.60 Å². The molecule has 0 aliphatic heterocycles. The summed E-state index contributed by atoms with van der Waals surface area (Å²) in [5.74, 6) is 0.319. The smallest absolute Gasteiger partial charge is 0.120 e. The second-order valence-electron chi connectivity index (χ2n) is 5.60. The van der Waals surface area contributed by atoms with Crippen LogP contribution in [0.25, 0.3) is 0 Å². The van der Waals surface area contributed by atoms with Crippen LogP contribution in [0.3, 0.4) is 0 Å². The molecule has 0 saturated heterocycles. The lowest BCUT2D eigenvalue weighted by Gasteiger charge is -2.25. The molecule has 1 atom stereocenters. The largest absolute Gasteiger partial charge is 0.508 e. The van der Waals surface area contributed by atoms with Crippen LogP contribution in [0.4, 0.5) is 0 Å². The van der Waals surface area contributed by atoms with Crippen LogP contribution in [0.1, 0.15) is 49.8 Å². The fraction of sp³-hybridized carbons (Fsp3) is 0.600. The van der Waals surface area contributed by atoms with Crippen molar-refractivity contribution in [3.8, 4) is 5.75 Å². The molecule has 3 N–H and O–H groups in total. The van der Waals surface area contributed by atoms with Crippen molar-refractivity contribution in [2.24, 2.45) is 0 Å². The molecule has 1 saturated carbocycles. The van der Waals surface area contributed by atoms with E-state index < -0.39 is 5.60 Å². The van der Waals surface area contributed by atoms with E-state index in [1.165, 1.54) is 0 Å². The number of nitrogens with one attached hydrogen (secondary N) is 1. The number of aliphatic hydroxyl groups is 1. The Morgan fingerprint density at radius 2 is 2.00 bits per heavy atom. The van der Waals surface area contributed by atoms with Gasteiger partial charge < -0.3 is 15.5 Å². The zero-order valence-electron chi connectivity index (χ0n) is 11.2. The number of hydrogen-bond donors (Lipinski definition) is 3. The first-order chi connectivity index (χ1) is 8.50. The first kappa shape index (κ1) is 13.4. The van der Waals surface area contributed by atoms with Gasteiger partial charge in [-0.3, -0.25) is 0 Å². The monoisotopic (exact) mass is 249 g/mol. The van der Waals surface area contributed by atoms with Gasteiger partial charge in [0, 0.05) is 18.2 Å². The maximum Gasteiger partial charge on any atom is 0.120 e. The second-order valence-corrected chi connectivity index (χ2v) is 5.60. The van der Waals surface area contributed by atoms with E-state index in [-0.39, 0.29) is 6.04 Å². The number of aromatic hydroxyl groups is 1. The average molecular weight is 249 g/mol. The Kier molecular flexibility index (Phi) is 3.93. The maximum absolute atomic E-state index is 10.3. The summed E-state index contributed by atoms with van der Waals surface area (Å²) in [5, 5.41) is 23.5. The fourth-order valence-corrected chi connectivity index (χ4v) is 2.68. The summed E-state index contributed by atoms with van der Waals surface area (Å²) < 4.78 is 0. The zero-order chi connectivity index (χ0) is 13.2. The Morgan fingerprint density at radius 3 is 2.67 bits per heavy atom. The van der Waals surface area contributed by atoms with E-state index in [0.717, 1.165) is 36.8 Å². The molecular formula is C15H23NO2. The molecule has 2 rings (SSSR count). The Labute approximate surface area is 109 Å². The van der Waals surface area contributed by atoms with Gasteiger partial charge in [0.1, 0.15) is 5.75 Å². The van der Waals surface area contributed by atoms with Crippen LogP contribution in [0.2, 0.25) is 0 Å². The standard InChI is InChI=1S/C15H23NO2/c1-11-5-6-14(17)13(9-11)12(2)16-10-15(18)7-3-4-8-15/h5-6,9,12,16-18H,3-4,7-8,10H2,1-2H3. The van der Waals surface area contributed by atoms with Crippen molar-refractivity contribution < 1.29 is 10.2 Å². The predicted molar refractivity (Wildman–Crippen MR) is 72.7 cm³/mol. The molecule has 1 unspecified atom stereocenters. The van der Waals surface area contributed by atoms with Crippen LogP contribution in [0.15, 0.2) is 18.2 Å². The van der Waals surface area contributed by atoms with Crippen LogP contribution in [-0.4, -0.2) is 22.4 Å². The highest BCUT2D eigenvalue weighted by molar-refractivity contribution is 5.37. The van der Waals surface area contributed by atoms with Crippen molar-refractivity contribution >= 4 is 0 Å². The van der Waals surface area contributed by atoms with Gasteiger partial charge in [0.15, 0.2) is 0 Å². The molecule has 1 aromatic carbocycles. The van der Waals surface area contributed by atoms with Crippen molar-refractivity contribution in [3.05, 3.63) is 29.3 Å². The molecule has 0 aromatic heterocycles. The minimum Gasteiger partial charge on any atom is -0.508 e. The normalized spacial score (nSPS) is 19.9. The van der Waals surface area contributed by atoms with Crippen molar-refractivity contribution in [1.82, 2.24) is 5.32 Å². The lowest BCUT2D eigenvalue weighted by Crippen LogP contribution is -2.39. The number of phenolic OH excluding ortho intramolecular Hbond substituents is 1. The Morgan fingerprint density at radius 1 is 1.33 bits per heavy atom. The van der Waals surface area contributed by atoms with Gasteiger partial charge in [-0.15, -0.1) is 0 Å². The molecule has 100 valence electrons. The molecule has 0 heterocycles. The first-order valence-electron chi connectivity index (χ1n) is 6.75.